The van der Waals surface area contributed by atoms with Crippen molar-refractivity contribution in [3.8, 4) is 11.4 Å². The minimum Gasteiger partial charge on any atom is -0.497 e. The Hall–Kier alpha value is -2.82. The van der Waals surface area contributed by atoms with Gasteiger partial charge >= 0.3 is 0 Å². The summed E-state index contributed by atoms with van der Waals surface area (Å²) < 4.78 is 6.70. The van der Waals surface area contributed by atoms with Gasteiger partial charge in [-0.15, -0.1) is 0 Å². The molecule has 1 heterocycles. The molecule has 0 saturated carbocycles. The molecule has 5 heteroatoms. The van der Waals surface area contributed by atoms with Crippen LogP contribution < -0.4 is 16.0 Å². The lowest BCUT2D eigenvalue weighted by Crippen LogP contribution is -2.22. The van der Waals surface area contributed by atoms with Crippen LogP contribution in [0, 0.1) is 6.92 Å². The lowest BCUT2D eigenvalue weighted by molar-refractivity contribution is 0.414. The van der Waals surface area contributed by atoms with E-state index in [1.54, 1.807) is 36.8 Å². The third-order valence-electron chi connectivity index (χ3n) is 3.39. The normalized spacial score (nSPS) is 10.8. The molecule has 3 rings (SSSR count). The van der Waals surface area contributed by atoms with E-state index in [4.69, 9.17) is 10.5 Å². The van der Waals surface area contributed by atoms with Gasteiger partial charge in [0.2, 0.25) is 0 Å². The number of nitrogen functional groups attached to an aromatic ring is 1. The van der Waals surface area contributed by atoms with Gasteiger partial charge in [-0.2, -0.15) is 0 Å². The van der Waals surface area contributed by atoms with E-state index >= 15 is 0 Å². The highest BCUT2D eigenvalue weighted by molar-refractivity contribution is 5.81. The number of anilines is 1. The fourth-order valence-corrected chi connectivity index (χ4v) is 2.35. The predicted molar refractivity (Wildman–Crippen MR) is 83.0 cm³/mol. The van der Waals surface area contributed by atoms with E-state index in [1.807, 2.05) is 24.3 Å². The molecule has 0 bridgehead atoms. The highest BCUT2D eigenvalue weighted by Crippen LogP contribution is 2.17. The number of aryl methyl sites for hydroxylation is 1. The summed E-state index contributed by atoms with van der Waals surface area (Å²) in [5.41, 5.74) is 7.58. The van der Waals surface area contributed by atoms with Gasteiger partial charge in [-0.05, 0) is 49.4 Å². The number of benzene rings is 2. The number of nitrogens with zero attached hydrogens (tertiary/aromatic N) is 2. The lowest BCUT2D eigenvalue weighted by Gasteiger charge is -2.11. The molecule has 2 N–H and O–H groups in total. The van der Waals surface area contributed by atoms with E-state index in [1.165, 1.54) is 0 Å². The summed E-state index contributed by atoms with van der Waals surface area (Å²) in [4.78, 5) is 17.2. The molecule has 21 heavy (non-hydrogen) atoms. The number of rotatable bonds is 2. The van der Waals surface area contributed by atoms with E-state index in [-0.39, 0.29) is 5.56 Å². The molecule has 0 aliphatic rings. The van der Waals surface area contributed by atoms with Gasteiger partial charge in [0.05, 0.1) is 23.7 Å². The zero-order valence-corrected chi connectivity index (χ0v) is 11.8. The van der Waals surface area contributed by atoms with Gasteiger partial charge in [0.25, 0.3) is 5.56 Å². The SMILES string of the molecule is COc1ccc(-n2c(C)nc3ccc(N)cc3c2=O)cc1. The van der Waals surface area contributed by atoms with E-state index in [0.717, 1.165) is 11.4 Å². The first-order chi connectivity index (χ1) is 10.1. The molecule has 2 aromatic carbocycles. The first-order valence-electron chi connectivity index (χ1n) is 6.53. The number of hydrogen-bond donors (Lipinski definition) is 1. The summed E-state index contributed by atoms with van der Waals surface area (Å²) in [7, 11) is 1.60. The van der Waals surface area contributed by atoms with Crippen molar-refractivity contribution in [2.24, 2.45) is 0 Å². The van der Waals surface area contributed by atoms with E-state index < -0.39 is 0 Å². The molecule has 0 radical (unpaired) electrons. The van der Waals surface area contributed by atoms with Crippen LogP contribution in [0.15, 0.2) is 47.3 Å². The largest absolute Gasteiger partial charge is 0.497 e. The van der Waals surface area contributed by atoms with Crippen LogP contribution in [0.2, 0.25) is 0 Å². The maximum atomic E-state index is 12.7. The first kappa shape index (κ1) is 13.2. The van der Waals surface area contributed by atoms with Crippen LogP contribution in [-0.2, 0) is 0 Å². The van der Waals surface area contributed by atoms with Crippen LogP contribution >= 0.6 is 0 Å². The van der Waals surface area contributed by atoms with Crippen molar-refractivity contribution in [2.45, 2.75) is 6.92 Å². The Balaban J connectivity index is 2.28. The fourth-order valence-electron chi connectivity index (χ4n) is 2.35. The topological polar surface area (TPSA) is 70.1 Å². The van der Waals surface area contributed by atoms with Crippen LogP contribution in [0.25, 0.3) is 16.6 Å². The number of hydrogen-bond acceptors (Lipinski definition) is 4. The van der Waals surface area contributed by atoms with Crippen molar-refractivity contribution in [2.75, 3.05) is 12.8 Å². The number of methoxy groups -OCH3 is 1. The van der Waals surface area contributed by atoms with Gasteiger partial charge in [-0.3, -0.25) is 9.36 Å². The average molecular weight is 281 g/mol. The van der Waals surface area contributed by atoms with Gasteiger partial charge in [0, 0.05) is 5.69 Å². The van der Waals surface area contributed by atoms with Crippen molar-refractivity contribution in [1.29, 1.82) is 0 Å². The Morgan fingerprint density at radius 3 is 2.52 bits per heavy atom. The second-order valence-corrected chi connectivity index (χ2v) is 4.77. The minimum atomic E-state index is -0.130. The summed E-state index contributed by atoms with van der Waals surface area (Å²) in [6, 6.07) is 12.4. The molecular formula is C16H15N3O2. The summed E-state index contributed by atoms with van der Waals surface area (Å²) in [6.45, 7) is 1.81. The van der Waals surface area contributed by atoms with Crippen molar-refractivity contribution in [1.82, 2.24) is 9.55 Å². The van der Waals surface area contributed by atoms with Crippen molar-refractivity contribution >= 4 is 16.6 Å². The Kier molecular flexibility index (Phi) is 3.10. The maximum Gasteiger partial charge on any atom is 0.266 e. The number of fused-ring (bicyclic) bond motifs is 1. The molecule has 0 unspecified atom stereocenters. The van der Waals surface area contributed by atoms with Gasteiger partial charge in [0.1, 0.15) is 11.6 Å². The number of ether oxygens (including phenoxy) is 1. The number of aromatic nitrogens is 2. The molecule has 0 saturated heterocycles. The highest BCUT2D eigenvalue weighted by Gasteiger charge is 2.10. The standard InChI is InChI=1S/C16H15N3O2/c1-10-18-15-8-3-11(17)9-14(15)16(20)19(10)12-4-6-13(21-2)7-5-12/h3-9H,17H2,1-2H3. The summed E-state index contributed by atoms with van der Waals surface area (Å²) in [5, 5.41) is 0.511. The molecule has 0 fully saturated rings. The summed E-state index contributed by atoms with van der Waals surface area (Å²) in [5.74, 6) is 1.37. The molecule has 1 aromatic heterocycles. The van der Waals surface area contributed by atoms with Crippen LogP contribution in [-0.4, -0.2) is 16.7 Å². The van der Waals surface area contributed by atoms with E-state index in [2.05, 4.69) is 4.98 Å². The Labute approximate surface area is 121 Å². The minimum absolute atomic E-state index is 0.130. The molecule has 0 atom stereocenters. The van der Waals surface area contributed by atoms with Crippen molar-refractivity contribution in [3.63, 3.8) is 0 Å². The van der Waals surface area contributed by atoms with Gasteiger partial charge in [-0.25, -0.2) is 4.98 Å². The fraction of sp³-hybridized carbons (Fsp3) is 0.125. The van der Waals surface area contributed by atoms with Crippen LogP contribution in [0.5, 0.6) is 5.75 Å². The monoisotopic (exact) mass is 281 g/mol. The molecule has 106 valence electrons. The Morgan fingerprint density at radius 2 is 1.86 bits per heavy atom. The Morgan fingerprint density at radius 1 is 1.14 bits per heavy atom. The van der Waals surface area contributed by atoms with Crippen LogP contribution in [0.3, 0.4) is 0 Å². The van der Waals surface area contributed by atoms with E-state index in [0.29, 0.717) is 22.4 Å². The second kappa shape index (κ2) is 4.94. The third kappa shape index (κ3) is 2.23. The molecule has 0 aliphatic carbocycles. The van der Waals surface area contributed by atoms with Crippen molar-refractivity contribution < 1.29 is 4.74 Å². The average Bonchev–Trinajstić information content (AvgIpc) is 2.49. The molecule has 0 aliphatic heterocycles. The number of nitrogens with two attached hydrogens (primary N) is 1. The molecule has 0 amide bonds. The Bertz CT molecular complexity index is 867. The zero-order valence-electron chi connectivity index (χ0n) is 11.8. The third-order valence-corrected chi connectivity index (χ3v) is 3.39. The molecule has 0 spiro atoms. The lowest BCUT2D eigenvalue weighted by atomic mass is 10.2. The first-order valence-corrected chi connectivity index (χ1v) is 6.53. The van der Waals surface area contributed by atoms with E-state index in [9.17, 15) is 4.79 Å². The predicted octanol–water partition coefficient (Wildman–Crippen LogP) is 2.28. The second-order valence-electron chi connectivity index (χ2n) is 4.77. The zero-order chi connectivity index (χ0) is 15.0. The smallest absolute Gasteiger partial charge is 0.266 e. The molecular weight excluding hydrogens is 266 g/mol. The maximum absolute atomic E-state index is 12.7. The molecule has 5 nitrogen and oxygen atoms in total. The van der Waals surface area contributed by atoms with Crippen molar-refractivity contribution in [3.05, 3.63) is 58.6 Å². The summed E-state index contributed by atoms with van der Waals surface area (Å²) >= 11 is 0. The summed E-state index contributed by atoms with van der Waals surface area (Å²) in [6.07, 6.45) is 0. The van der Waals surface area contributed by atoms with Gasteiger partial charge in [0.15, 0.2) is 0 Å². The molecule has 3 aromatic rings. The van der Waals surface area contributed by atoms with Gasteiger partial charge < -0.3 is 10.5 Å². The highest BCUT2D eigenvalue weighted by atomic mass is 16.5. The van der Waals surface area contributed by atoms with Crippen LogP contribution in [0.1, 0.15) is 5.82 Å². The van der Waals surface area contributed by atoms with Gasteiger partial charge in [-0.1, -0.05) is 0 Å². The van der Waals surface area contributed by atoms with Crippen LogP contribution in [0.4, 0.5) is 5.69 Å². The quantitative estimate of drug-likeness (QED) is 0.732.